The molecule has 1 fully saturated rings. The first kappa shape index (κ1) is 28.0. The average molecular weight is 529 g/mol. The quantitative estimate of drug-likeness (QED) is 0.360. The van der Waals surface area contributed by atoms with Gasteiger partial charge >= 0.3 is 0 Å². The third-order valence-electron chi connectivity index (χ3n) is 7.96. The van der Waals surface area contributed by atoms with Crippen LogP contribution in [0.4, 0.5) is 8.78 Å². The first-order valence-electron chi connectivity index (χ1n) is 13.4. The molecule has 1 unspecified atom stereocenters. The molecule has 9 heteroatoms. The summed E-state index contributed by atoms with van der Waals surface area (Å²) in [4.78, 5) is 31.0. The fourth-order valence-electron chi connectivity index (χ4n) is 5.84. The maximum Gasteiger partial charge on any atom is 0.255 e. The van der Waals surface area contributed by atoms with Crippen LogP contribution in [0.3, 0.4) is 0 Å². The van der Waals surface area contributed by atoms with E-state index >= 15 is 0 Å². The van der Waals surface area contributed by atoms with Crippen molar-refractivity contribution < 1.29 is 18.3 Å². The Morgan fingerprint density at radius 3 is 2.66 bits per heavy atom. The Bertz CT molecular complexity index is 1350. The molecule has 4 heterocycles. The zero-order valence-corrected chi connectivity index (χ0v) is 22.9. The minimum Gasteiger partial charge on any atom is -0.496 e. The lowest BCUT2D eigenvalue weighted by Crippen LogP contribution is -2.37. The molecule has 3 aromatic rings. The van der Waals surface area contributed by atoms with Crippen molar-refractivity contribution in [3.05, 3.63) is 62.8 Å². The first-order chi connectivity index (χ1) is 18.0. The molecule has 1 aliphatic rings. The number of rotatable bonds is 10. The Labute approximate surface area is 222 Å². The molecule has 7 nitrogen and oxygen atoms in total. The molecule has 0 radical (unpaired) electrons. The molecule has 1 atom stereocenters. The van der Waals surface area contributed by atoms with Crippen LogP contribution in [0, 0.1) is 19.8 Å². The van der Waals surface area contributed by atoms with Crippen molar-refractivity contribution in [1.29, 1.82) is 0 Å². The van der Waals surface area contributed by atoms with Crippen molar-refractivity contribution in [2.24, 2.45) is 5.92 Å². The highest BCUT2D eigenvalue weighted by Crippen LogP contribution is 2.37. The van der Waals surface area contributed by atoms with Crippen LogP contribution in [0.2, 0.25) is 0 Å². The van der Waals surface area contributed by atoms with Crippen molar-refractivity contribution in [1.82, 2.24) is 19.5 Å². The molecule has 0 saturated carbocycles. The molecule has 0 spiro atoms. The number of fused-ring (bicyclic) bond motifs is 1. The summed E-state index contributed by atoms with van der Waals surface area (Å²) in [6.45, 7) is 8.91. The van der Waals surface area contributed by atoms with Crippen LogP contribution in [-0.2, 0) is 6.42 Å². The van der Waals surface area contributed by atoms with Gasteiger partial charge in [-0.2, -0.15) is 5.10 Å². The number of ether oxygens (including phenoxy) is 1. The number of pyridine rings is 1. The molecule has 38 heavy (non-hydrogen) atoms. The summed E-state index contributed by atoms with van der Waals surface area (Å²) in [7, 11) is 1.52. The molecule has 1 aliphatic heterocycles. The van der Waals surface area contributed by atoms with E-state index in [-0.39, 0.29) is 36.5 Å². The fourth-order valence-corrected chi connectivity index (χ4v) is 5.84. The predicted molar refractivity (Wildman–Crippen MR) is 144 cm³/mol. The van der Waals surface area contributed by atoms with Crippen molar-refractivity contribution >= 4 is 11.3 Å². The molecule has 0 aliphatic carbocycles. The number of hydrogen-bond donors (Lipinski definition) is 1. The third-order valence-corrected chi connectivity index (χ3v) is 7.96. The lowest BCUT2D eigenvalue weighted by molar-refractivity contribution is -0.000116. The molecule has 206 valence electrons. The molecule has 0 bridgehead atoms. The van der Waals surface area contributed by atoms with Crippen LogP contribution in [0.25, 0.3) is 5.52 Å². The number of aryl methyl sites for hydroxylation is 1. The van der Waals surface area contributed by atoms with Crippen LogP contribution in [-0.4, -0.2) is 57.9 Å². The van der Waals surface area contributed by atoms with Gasteiger partial charge in [-0.25, -0.2) is 13.3 Å². The number of carbonyl (C=O) groups excluding carboxylic acids is 1. The van der Waals surface area contributed by atoms with Crippen molar-refractivity contribution in [2.75, 3.05) is 26.7 Å². The Hall–Kier alpha value is -3.07. The van der Waals surface area contributed by atoms with Crippen LogP contribution < -0.4 is 10.3 Å². The lowest BCUT2D eigenvalue weighted by atomic mass is 9.82. The van der Waals surface area contributed by atoms with Crippen LogP contribution >= 0.6 is 0 Å². The van der Waals surface area contributed by atoms with Gasteiger partial charge in [-0.15, -0.1) is 0 Å². The number of aromatic amines is 1. The van der Waals surface area contributed by atoms with Gasteiger partial charge in [0.2, 0.25) is 5.92 Å². The molecule has 1 saturated heterocycles. The second-order valence-electron chi connectivity index (χ2n) is 10.7. The van der Waals surface area contributed by atoms with E-state index < -0.39 is 5.92 Å². The number of alkyl halides is 2. The van der Waals surface area contributed by atoms with Crippen molar-refractivity contribution in [3.63, 3.8) is 0 Å². The van der Waals surface area contributed by atoms with E-state index in [1.54, 1.807) is 19.2 Å². The fraction of sp³-hybridized carbons (Fsp3) is 0.552. The zero-order chi connectivity index (χ0) is 27.6. The monoisotopic (exact) mass is 528 g/mol. The zero-order valence-electron chi connectivity index (χ0n) is 22.9. The number of ketones is 1. The van der Waals surface area contributed by atoms with E-state index in [4.69, 9.17) is 4.74 Å². The SMILES string of the molecule is COc1cc(C)[nH]c(=O)c1CCC(=O)c1c(C)c(C(C)C2CCN(CCC(C)(F)F)CC2)n2ncccc12. The molecule has 1 N–H and O–H groups in total. The van der Waals surface area contributed by atoms with Gasteiger partial charge in [0.1, 0.15) is 5.75 Å². The summed E-state index contributed by atoms with van der Waals surface area (Å²) >= 11 is 0. The van der Waals surface area contributed by atoms with Crippen LogP contribution in [0.1, 0.15) is 78.3 Å². The topological polar surface area (TPSA) is 79.7 Å². The summed E-state index contributed by atoms with van der Waals surface area (Å²) in [6, 6.07) is 5.51. The Morgan fingerprint density at radius 2 is 2.00 bits per heavy atom. The van der Waals surface area contributed by atoms with E-state index in [0.29, 0.717) is 35.0 Å². The normalized spacial score (nSPS) is 16.2. The Balaban J connectivity index is 1.54. The second kappa shape index (κ2) is 11.4. The largest absolute Gasteiger partial charge is 0.496 e. The molecular formula is C29H38F2N4O3. The smallest absolute Gasteiger partial charge is 0.255 e. The van der Waals surface area contributed by atoms with Gasteiger partial charge in [0, 0.05) is 48.5 Å². The number of halogens is 2. The summed E-state index contributed by atoms with van der Waals surface area (Å²) in [5, 5.41) is 4.60. The number of nitrogens with one attached hydrogen (secondary N) is 1. The molecular weight excluding hydrogens is 490 g/mol. The van der Waals surface area contributed by atoms with Gasteiger partial charge in [-0.05, 0) is 82.8 Å². The van der Waals surface area contributed by atoms with E-state index in [0.717, 1.165) is 49.6 Å². The van der Waals surface area contributed by atoms with Crippen molar-refractivity contribution in [3.8, 4) is 5.75 Å². The average Bonchev–Trinajstić information content (AvgIpc) is 3.17. The highest BCUT2D eigenvalue weighted by Gasteiger charge is 2.32. The summed E-state index contributed by atoms with van der Waals surface area (Å²) < 4.78 is 33.9. The molecule has 0 amide bonds. The molecule has 0 aromatic carbocycles. The highest BCUT2D eigenvalue weighted by atomic mass is 19.3. The number of methoxy groups -OCH3 is 1. The lowest BCUT2D eigenvalue weighted by Gasteiger charge is -2.35. The molecule has 4 rings (SSSR count). The van der Waals surface area contributed by atoms with Crippen molar-refractivity contribution in [2.45, 2.75) is 71.6 Å². The third kappa shape index (κ3) is 5.98. The van der Waals surface area contributed by atoms with E-state index in [2.05, 4.69) is 21.9 Å². The highest BCUT2D eigenvalue weighted by molar-refractivity contribution is 6.04. The van der Waals surface area contributed by atoms with Gasteiger partial charge in [0.05, 0.1) is 18.2 Å². The van der Waals surface area contributed by atoms with Gasteiger partial charge in [0.25, 0.3) is 5.56 Å². The van der Waals surface area contributed by atoms with Gasteiger partial charge < -0.3 is 14.6 Å². The predicted octanol–water partition coefficient (Wildman–Crippen LogP) is 5.32. The first-order valence-corrected chi connectivity index (χ1v) is 13.4. The number of Topliss-reactive ketones (excluding diaryl/α,β-unsaturated/α-hetero) is 1. The van der Waals surface area contributed by atoms with Gasteiger partial charge in [0.15, 0.2) is 5.78 Å². The van der Waals surface area contributed by atoms with Gasteiger partial charge in [-0.1, -0.05) is 6.92 Å². The summed E-state index contributed by atoms with van der Waals surface area (Å²) in [5.41, 5.74) is 4.28. The maximum atomic E-state index is 13.6. The Morgan fingerprint density at radius 1 is 1.29 bits per heavy atom. The number of likely N-dealkylation sites (tertiary alicyclic amines) is 1. The summed E-state index contributed by atoms with van der Waals surface area (Å²) in [5.74, 6) is -1.68. The number of carbonyl (C=O) groups is 1. The number of nitrogens with zero attached hydrogens (tertiary/aromatic N) is 3. The number of H-pyrrole nitrogens is 1. The number of hydrogen-bond acceptors (Lipinski definition) is 5. The number of piperidine rings is 1. The minimum absolute atomic E-state index is 0.0382. The number of aromatic nitrogens is 3. The molecule has 3 aromatic heterocycles. The maximum absolute atomic E-state index is 13.6. The summed E-state index contributed by atoms with van der Waals surface area (Å²) in [6.07, 6.45) is 3.87. The van der Waals surface area contributed by atoms with E-state index in [9.17, 15) is 18.4 Å². The van der Waals surface area contributed by atoms with Crippen LogP contribution in [0.15, 0.2) is 29.2 Å². The minimum atomic E-state index is -2.64. The van der Waals surface area contributed by atoms with Gasteiger partial charge in [-0.3, -0.25) is 9.59 Å². The van der Waals surface area contributed by atoms with E-state index in [1.165, 1.54) is 7.11 Å². The second-order valence-corrected chi connectivity index (χ2v) is 10.7. The standard InChI is InChI=1S/C29H38F2N4O3/c1-18-17-25(38-5)22(28(37)33-18)8-9-24(36)26-20(3)27(35-23(26)7-6-13-32-35)19(2)21-10-14-34(15-11-21)16-12-29(4,30)31/h6-7,13,17,19,21H,8-12,14-16H2,1-5H3,(H,33,37). The van der Waals surface area contributed by atoms with E-state index in [1.807, 2.05) is 23.6 Å². The Kier molecular flexibility index (Phi) is 8.35. The van der Waals surface area contributed by atoms with Crippen LogP contribution in [0.5, 0.6) is 5.75 Å².